The Morgan fingerprint density at radius 3 is 1.40 bits per heavy atom. The van der Waals surface area contributed by atoms with E-state index in [1.54, 1.807) is 50.9 Å². The number of ether oxygens (including phenoxy) is 6. The van der Waals surface area contributed by atoms with E-state index in [2.05, 4.69) is 32.7 Å². The van der Waals surface area contributed by atoms with Gasteiger partial charge < -0.3 is 39.1 Å². The number of nitrogens with zero attached hydrogens (tertiary/aromatic N) is 2. The Hall–Kier alpha value is -7.08. The highest BCUT2D eigenvalue weighted by molar-refractivity contribution is 5.88. The first kappa shape index (κ1) is 39.2. The molecule has 4 heterocycles. The molecule has 0 saturated heterocycles. The first-order chi connectivity index (χ1) is 28.2. The molecule has 4 aromatic carbocycles. The van der Waals surface area contributed by atoms with E-state index >= 15 is 0 Å². The highest BCUT2D eigenvalue weighted by Gasteiger charge is 2.24. The number of carbonyl (C=O) groups is 2. The SMILES string of the molecule is COc1cccc(C2CCc3cc(Oc4ccc(NC(C)=O)cn4)ccc3O2)c1.COc1cccc(C2CCc3cc(Oc4ccc(NC(C)=O)cn4)ccc3O2)c1. The molecule has 2 atom stereocenters. The van der Waals surface area contributed by atoms with Crippen LogP contribution in [-0.2, 0) is 22.4 Å². The Morgan fingerprint density at radius 2 is 1.02 bits per heavy atom. The fourth-order valence-electron chi connectivity index (χ4n) is 6.69. The summed E-state index contributed by atoms with van der Waals surface area (Å²) in [5, 5.41) is 5.36. The third-order valence-electron chi connectivity index (χ3n) is 9.44. The normalized spacial score (nSPS) is 15.0. The van der Waals surface area contributed by atoms with Crippen molar-refractivity contribution >= 4 is 23.2 Å². The molecule has 8 rings (SSSR count). The molecule has 2 aromatic heterocycles. The minimum Gasteiger partial charge on any atom is -0.497 e. The molecule has 0 radical (unpaired) electrons. The highest BCUT2D eigenvalue weighted by Crippen LogP contribution is 2.39. The number of hydrogen-bond donors (Lipinski definition) is 2. The molecule has 2 amide bonds. The van der Waals surface area contributed by atoms with Crippen LogP contribution in [0, 0.1) is 0 Å². The lowest BCUT2D eigenvalue weighted by atomic mass is 9.97. The van der Waals surface area contributed by atoms with Gasteiger partial charge >= 0.3 is 0 Å². The molecule has 12 nitrogen and oxygen atoms in total. The Morgan fingerprint density at radius 1 is 0.569 bits per heavy atom. The topological polar surface area (TPSA) is 139 Å². The van der Waals surface area contributed by atoms with Gasteiger partial charge in [-0.25, -0.2) is 9.97 Å². The van der Waals surface area contributed by atoms with Crippen LogP contribution in [0.4, 0.5) is 11.4 Å². The molecule has 296 valence electrons. The maximum absolute atomic E-state index is 11.1. The smallest absolute Gasteiger partial charge is 0.221 e. The number of carbonyl (C=O) groups excluding carboxylic acids is 2. The molecular formula is C46H44N4O8. The molecule has 0 aliphatic carbocycles. The van der Waals surface area contributed by atoms with Crippen molar-refractivity contribution in [3.05, 3.63) is 144 Å². The molecule has 0 saturated carbocycles. The maximum Gasteiger partial charge on any atom is 0.221 e. The van der Waals surface area contributed by atoms with Crippen LogP contribution in [0.3, 0.4) is 0 Å². The lowest BCUT2D eigenvalue weighted by Gasteiger charge is -2.27. The molecule has 2 aliphatic rings. The van der Waals surface area contributed by atoms with E-state index in [1.165, 1.54) is 13.8 Å². The number of anilines is 2. The molecule has 58 heavy (non-hydrogen) atoms. The van der Waals surface area contributed by atoms with Crippen molar-refractivity contribution in [2.45, 2.75) is 51.7 Å². The number of benzene rings is 4. The second-order valence-corrected chi connectivity index (χ2v) is 13.7. The van der Waals surface area contributed by atoms with Crippen molar-refractivity contribution < 1.29 is 38.0 Å². The minimum atomic E-state index is -0.137. The summed E-state index contributed by atoms with van der Waals surface area (Å²) in [5.74, 6) is 5.45. The highest BCUT2D eigenvalue weighted by atomic mass is 16.5. The summed E-state index contributed by atoms with van der Waals surface area (Å²) < 4.78 is 34.7. The van der Waals surface area contributed by atoms with E-state index in [-0.39, 0.29) is 24.0 Å². The molecule has 2 aliphatic heterocycles. The standard InChI is InChI=1S/2C23H22N2O4/c2*1-15(26)25-18-7-11-23(24-14-18)28-20-8-10-22-17(13-20)6-9-21(29-22)16-4-3-5-19(12-16)27-2/h2*3-5,7-8,10-14,21H,6,9H2,1-2H3,(H,25,26). The molecule has 0 spiro atoms. The Bertz CT molecular complexity index is 2200. The number of fused-ring (bicyclic) bond motifs is 2. The second-order valence-electron chi connectivity index (χ2n) is 13.7. The van der Waals surface area contributed by atoms with E-state index in [9.17, 15) is 9.59 Å². The average Bonchev–Trinajstić information content (AvgIpc) is 3.24. The van der Waals surface area contributed by atoms with Gasteiger partial charge in [-0.15, -0.1) is 0 Å². The van der Waals surface area contributed by atoms with Crippen LogP contribution < -0.4 is 39.1 Å². The van der Waals surface area contributed by atoms with Crippen LogP contribution in [0.1, 0.15) is 61.2 Å². The van der Waals surface area contributed by atoms with Gasteiger partial charge in [-0.1, -0.05) is 24.3 Å². The number of aromatic nitrogens is 2. The Kier molecular flexibility index (Phi) is 12.3. The summed E-state index contributed by atoms with van der Waals surface area (Å²) in [4.78, 5) is 30.6. The summed E-state index contributed by atoms with van der Waals surface area (Å²) in [5.41, 5.74) is 5.70. The van der Waals surface area contributed by atoms with Gasteiger partial charge in [-0.2, -0.15) is 0 Å². The molecule has 2 N–H and O–H groups in total. The quantitative estimate of drug-likeness (QED) is 0.138. The molecule has 2 unspecified atom stereocenters. The lowest BCUT2D eigenvalue weighted by Crippen LogP contribution is -2.15. The van der Waals surface area contributed by atoms with Crippen molar-refractivity contribution in [2.24, 2.45) is 0 Å². The van der Waals surface area contributed by atoms with E-state index in [1.807, 2.05) is 72.8 Å². The van der Waals surface area contributed by atoms with Crippen molar-refractivity contribution in [2.75, 3.05) is 24.9 Å². The van der Waals surface area contributed by atoms with E-state index in [0.29, 0.717) is 34.6 Å². The first-order valence-electron chi connectivity index (χ1n) is 18.9. The number of pyridine rings is 2. The van der Waals surface area contributed by atoms with Crippen molar-refractivity contribution in [1.82, 2.24) is 9.97 Å². The first-order valence-corrected chi connectivity index (χ1v) is 18.9. The number of hydrogen-bond acceptors (Lipinski definition) is 10. The van der Waals surface area contributed by atoms with Gasteiger partial charge in [0.05, 0.1) is 38.0 Å². The number of rotatable bonds is 10. The maximum atomic E-state index is 11.1. The third kappa shape index (κ3) is 10.2. The largest absolute Gasteiger partial charge is 0.497 e. The van der Waals surface area contributed by atoms with Gasteiger partial charge in [0.15, 0.2) is 0 Å². The number of aryl methyl sites for hydroxylation is 2. The molecule has 12 heteroatoms. The van der Waals surface area contributed by atoms with Gasteiger partial charge in [-0.3, -0.25) is 9.59 Å². The predicted octanol–water partition coefficient (Wildman–Crippen LogP) is 9.81. The molecule has 0 bridgehead atoms. The zero-order chi connectivity index (χ0) is 40.4. The van der Waals surface area contributed by atoms with Gasteiger partial charge in [0, 0.05) is 26.0 Å². The predicted molar refractivity (Wildman–Crippen MR) is 219 cm³/mol. The minimum absolute atomic E-state index is 0.00681. The van der Waals surface area contributed by atoms with Crippen molar-refractivity contribution in [3.8, 4) is 46.3 Å². The van der Waals surface area contributed by atoms with Gasteiger partial charge in [-0.05, 0) is 121 Å². The molecular weight excluding hydrogens is 737 g/mol. The van der Waals surface area contributed by atoms with Gasteiger partial charge in [0.1, 0.15) is 46.7 Å². The summed E-state index contributed by atoms with van der Waals surface area (Å²) in [6.45, 7) is 2.91. The van der Waals surface area contributed by atoms with Crippen LogP contribution >= 0.6 is 0 Å². The van der Waals surface area contributed by atoms with Crippen molar-refractivity contribution in [3.63, 3.8) is 0 Å². The van der Waals surface area contributed by atoms with Crippen molar-refractivity contribution in [1.29, 1.82) is 0 Å². The van der Waals surface area contributed by atoms with E-state index in [4.69, 9.17) is 28.4 Å². The monoisotopic (exact) mass is 780 g/mol. The Balaban J connectivity index is 0.000000177. The fraction of sp³-hybridized carbons (Fsp3) is 0.217. The third-order valence-corrected chi connectivity index (χ3v) is 9.44. The number of amides is 2. The summed E-state index contributed by atoms with van der Waals surface area (Å²) in [7, 11) is 3.33. The lowest BCUT2D eigenvalue weighted by molar-refractivity contribution is -0.115. The Labute approximate surface area is 337 Å². The van der Waals surface area contributed by atoms with Gasteiger partial charge in [0.25, 0.3) is 0 Å². The second kappa shape index (κ2) is 18.2. The van der Waals surface area contributed by atoms with Crippen LogP contribution in [0.25, 0.3) is 0 Å². The number of methoxy groups -OCH3 is 2. The van der Waals surface area contributed by atoms with E-state index < -0.39 is 0 Å². The molecule has 0 fully saturated rings. The summed E-state index contributed by atoms with van der Waals surface area (Å²) in [6.07, 6.45) is 6.70. The van der Waals surface area contributed by atoms with Crippen LogP contribution in [0.2, 0.25) is 0 Å². The zero-order valence-electron chi connectivity index (χ0n) is 32.7. The van der Waals surface area contributed by atoms with Crippen LogP contribution in [-0.4, -0.2) is 36.0 Å². The number of nitrogens with one attached hydrogen (secondary N) is 2. The fourth-order valence-corrected chi connectivity index (χ4v) is 6.69. The summed E-state index contributed by atoms with van der Waals surface area (Å²) in [6, 6.07) is 34.5. The molecule has 6 aromatic rings. The zero-order valence-corrected chi connectivity index (χ0v) is 32.7. The van der Waals surface area contributed by atoms with Crippen LogP contribution in [0.5, 0.6) is 46.3 Å². The summed E-state index contributed by atoms with van der Waals surface area (Å²) >= 11 is 0. The van der Waals surface area contributed by atoms with Crippen LogP contribution in [0.15, 0.2) is 122 Å². The van der Waals surface area contributed by atoms with E-state index in [0.717, 1.165) is 70.9 Å². The average molecular weight is 781 g/mol. The van der Waals surface area contributed by atoms with Gasteiger partial charge in [0.2, 0.25) is 23.6 Å².